The molecule has 0 saturated carbocycles. The minimum atomic E-state index is -0.622. The number of benzene rings is 2. The Labute approximate surface area is 155 Å². The van der Waals surface area contributed by atoms with Crippen molar-refractivity contribution < 1.29 is 23.8 Å². The lowest BCUT2D eigenvalue weighted by Crippen LogP contribution is -2.15. The zero-order valence-electron chi connectivity index (χ0n) is 14.5. The average Bonchev–Trinajstić information content (AvgIpc) is 2.61. The van der Waals surface area contributed by atoms with E-state index in [1.807, 2.05) is 26.0 Å². The lowest BCUT2D eigenvalue weighted by molar-refractivity contribution is 0.0474. The molecule has 0 unspecified atom stereocenters. The van der Waals surface area contributed by atoms with Crippen LogP contribution in [-0.4, -0.2) is 32.6 Å². The minimum absolute atomic E-state index is 0.241. The van der Waals surface area contributed by atoms with Gasteiger partial charge >= 0.3 is 5.97 Å². The van der Waals surface area contributed by atoms with Crippen LogP contribution in [0, 0.1) is 13.8 Å². The van der Waals surface area contributed by atoms with Crippen LogP contribution in [0.4, 0.5) is 0 Å². The van der Waals surface area contributed by atoms with Crippen LogP contribution in [0.25, 0.3) is 0 Å². The first-order valence-corrected chi connectivity index (χ1v) is 8.35. The Balaban J connectivity index is 2.15. The molecule has 0 spiro atoms. The third kappa shape index (κ3) is 4.39. The molecule has 0 saturated heterocycles. The smallest absolute Gasteiger partial charge is 0.338 e. The molecule has 0 amide bonds. The van der Waals surface area contributed by atoms with Gasteiger partial charge in [-0.2, -0.15) is 0 Å². The summed E-state index contributed by atoms with van der Waals surface area (Å²) < 4.78 is 16.2. The van der Waals surface area contributed by atoms with E-state index in [9.17, 15) is 9.59 Å². The van der Waals surface area contributed by atoms with Gasteiger partial charge in [0, 0.05) is 5.56 Å². The molecule has 0 fully saturated rings. The Hall–Kier alpha value is -2.34. The Morgan fingerprint density at radius 3 is 2.16 bits per heavy atom. The molecule has 0 aliphatic heterocycles. The Kier molecular flexibility index (Phi) is 6.20. The number of methoxy groups -OCH3 is 2. The molecule has 2 rings (SSSR count). The number of aryl methyl sites for hydroxylation is 2. The van der Waals surface area contributed by atoms with Crippen molar-refractivity contribution in [1.82, 2.24) is 0 Å². The van der Waals surface area contributed by atoms with E-state index in [0.717, 1.165) is 11.1 Å². The van der Waals surface area contributed by atoms with Crippen LogP contribution in [0.15, 0.2) is 34.8 Å². The number of carbonyl (C=O) groups excluding carboxylic acids is 2. The van der Waals surface area contributed by atoms with Crippen molar-refractivity contribution in [2.75, 3.05) is 20.8 Å². The predicted octanol–water partition coefficient (Wildman–Crippen LogP) is 4.12. The third-order valence-electron chi connectivity index (χ3n) is 3.71. The van der Waals surface area contributed by atoms with Gasteiger partial charge in [0.05, 0.1) is 19.8 Å². The van der Waals surface area contributed by atoms with E-state index in [-0.39, 0.29) is 18.0 Å². The summed E-state index contributed by atoms with van der Waals surface area (Å²) in [5.41, 5.74) is 2.62. The second kappa shape index (κ2) is 8.16. The number of Topliss-reactive ketones (excluding diaryl/α,β-unsaturated/α-hetero) is 1. The molecule has 0 radical (unpaired) electrons. The Bertz CT molecular complexity index is 788. The summed E-state index contributed by atoms with van der Waals surface area (Å²) in [5.74, 6) is 0.00709. The van der Waals surface area contributed by atoms with Crippen molar-refractivity contribution in [3.05, 3.63) is 57.1 Å². The zero-order chi connectivity index (χ0) is 18.6. The molecule has 5 nitrogen and oxygen atoms in total. The maximum atomic E-state index is 12.3. The van der Waals surface area contributed by atoms with Crippen LogP contribution in [0.1, 0.15) is 31.8 Å². The van der Waals surface area contributed by atoms with Gasteiger partial charge in [-0.25, -0.2) is 4.79 Å². The Morgan fingerprint density at radius 1 is 1.00 bits per heavy atom. The SMILES string of the molecule is COc1cc(C(=O)OCC(=O)c2cc(C)ccc2C)cc(OC)c1Br. The van der Waals surface area contributed by atoms with Crippen molar-refractivity contribution in [3.63, 3.8) is 0 Å². The largest absolute Gasteiger partial charge is 0.495 e. The molecule has 0 N–H and O–H groups in total. The highest BCUT2D eigenvalue weighted by Crippen LogP contribution is 2.35. The monoisotopic (exact) mass is 406 g/mol. The fourth-order valence-corrected chi connectivity index (χ4v) is 2.87. The molecule has 0 bridgehead atoms. The molecule has 0 aromatic heterocycles. The third-order valence-corrected chi connectivity index (χ3v) is 4.49. The first-order valence-electron chi connectivity index (χ1n) is 7.56. The molecular formula is C19H19BrO5. The molecule has 2 aromatic rings. The first-order chi connectivity index (χ1) is 11.9. The molecule has 0 aliphatic rings. The van der Waals surface area contributed by atoms with Crippen LogP contribution in [0.5, 0.6) is 11.5 Å². The standard InChI is InChI=1S/C19H19BrO5/c1-11-5-6-12(2)14(7-11)15(21)10-25-19(22)13-8-16(23-3)18(20)17(9-13)24-4/h5-9H,10H2,1-4H3. The number of halogens is 1. The van der Waals surface area contributed by atoms with Crippen LogP contribution >= 0.6 is 15.9 Å². The fraction of sp³-hybridized carbons (Fsp3) is 0.263. The summed E-state index contributed by atoms with van der Waals surface area (Å²) in [5, 5.41) is 0. The molecule has 132 valence electrons. The highest BCUT2D eigenvalue weighted by molar-refractivity contribution is 9.10. The fourth-order valence-electron chi connectivity index (χ4n) is 2.32. The van der Waals surface area contributed by atoms with Gasteiger partial charge in [0.25, 0.3) is 0 Å². The predicted molar refractivity (Wildman–Crippen MR) is 97.8 cm³/mol. The van der Waals surface area contributed by atoms with E-state index < -0.39 is 5.97 Å². The van der Waals surface area contributed by atoms with E-state index in [4.69, 9.17) is 14.2 Å². The maximum Gasteiger partial charge on any atom is 0.338 e. The summed E-state index contributed by atoms with van der Waals surface area (Å²) in [6, 6.07) is 8.64. The zero-order valence-corrected chi connectivity index (χ0v) is 16.1. The number of ether oxygens (including phenoxy) is 3. The Morgan fingerprint density at radius 2 is 1.60 bits per heavy atom. The number of rotatable bonds is 6. The molecule has 0 aliphatic carbocycles. The molecule has 0 heterocycles. The second-order valence-corrected chi connectivity index (χ2v) is 6.31. The lowest BCUT2D eigenvalue weighted by Gasteiger charge is -2.11. The summed E-state index contributed by atoms with van der Waals surface area (Å²) in [6.07, 6.45) is 0. The van der Waals surface area contributed by atoms with Gasteiger partial charge in [0.2, 0.25) is 5.78 Å². The van der Waals surface area contributed by atoms with Gasteiger partial charge in [-0.3, -0.25) is 4.79 Å². The summed E-state index contributed by atoms with van der Waals surface area (Å²) in [4.78, 5) is 24.6. The van der Waals surface area contributed by atoms with Crippen molar-refractivity contribution in [2.45, 2.75) is 13.8 Å². The normalized spacial score (nSPS) is 10.3. The summed E-state index contributed by atoms with van der Waals surface area (Å²) in [7, 11) is 2.97. The molecule has 2 aromatic carbocycles. The summed E-state index contributed by atoms with van der Waals surface area (Å²) >= 11 is 3.34. The second-order valence-electron chi connectivity index (χ2n) is 5.51. The van der Waals surface area contributed by atoms with Crippen LogP contribution in [-0.2, 0) is 4.74 Å². The molecule has 6 heteroatoms. The first kappa shape index (κ1) is 19.0. The maximum absolute atomic E-state index is 12.3. The van der Waals surface area contributed by atoms with Gasteiger partial charge in [-0.1, -0.05) is 17.7 Å². The summed E-state index contributed by atoms with van der Waals surface area (Å²) in [6.45, 7) is 3.42. The van der Waals surface area contributed by atoms with Gasteiger partial charge in [0.15, 0.2) is 6.61 Å². The molecular weight excluding hydrogens is 388 g/mol. The van der Waals surface area contributed by atoms with E-state index in [0.29, 0.717) is 21.5 Å². The number of ketones is 1. The van der Waals surface area contributed by atoms with Crippen molar-refractivity contribution >= 4 is 27.7 Å². The van der Waals surface area contributed by atoms with Crippen LogP contribution in [0.2, 0.25) is 0 Å². The molecule has 25 heavy (non-hydrogen) atoms. The van der Waals surface area contributed by atoms with E-state index in [2.05, 4.69) is 15.9 Å². The van der Waals surface area contributed by atoms with Gasteiger partial charge in [-0.05, 0) is 53.5 Å². The number of hydrogen-bond acceptors (Lipinski definition) is 5. The number of hydrogen-bond donors (Lipinski definition) is 0. The lowest BCUT2D eigenvalue weighted by atomic mass is 10.0. The van der Waals surface area contributed by atoms with Crippen molar-refractivity contribution in [1.29, 1.82) is 0 Å². The van der Waals surface area contributed by atoms with Crippen molar-refractivity contribution in [3.8, 4) is 11.5 Å². The minimum Gasteiger partial charge on any atom is -0.495 e. The molecule has 0 atom stereocenters. The number of esters is 1. The van der Waals surface area contributed by atoms with Crippen LogP contribution in [0.3, 0.4) is 0 Å². The topological polar surface area (TPSA) is 61.8 Å². The highest BCUT2D eigenvalue weighted by atomic mass is 79.9. The average molecular weight is 407 g/mol. The number of carbonyl (C=O) groups is 2. The van der Waals surface area contributed by atoms with E-state index >= 15 is 0 Å². The quantitative estimate of drug-likeness (QED) is 0.533. The van der Waals surface area contributed by atoms with Crippen LogP contribution < -0.4 is 9.47 Å². The van der Waals surface area contributed by atoms with Gasteiger partial charge in [0.1, 0.15) is 16.0 Å². The van der Waals surface area contributed by atoms with Gasteiger partial charge < -0.3 is 14.2 Å². The van der Waals surface area contributed by atoms with Gasteiger partial charge in [-0.15, -0.1) is 0 Å². The highest BCUT2D eigenvalue weighted by Gasteiger charge is 2.18. The van der Waals surface area contributed by atoms with E-state index in [1.165, 1.54) is 26.4 Å². The van der Waals surface area contributed by atoms with Crippen molar-refractivity contribution in [2.24, 2.45) is 0 Å². The van der Waals surface area contributed by atoms with E-state index in [1.54, 1.807) is 6.07 Å².